The van der Waals surface area contributed by atoms with Gasteiger partial charge in [0.05, 0.1) is 18.6 Å². The third-order valence-electron chi connectivity index (χ3n) is 6.78. The van der Waals surface area contributed by atoms with Crippen molar-refractivity contribution in [3.05, 3.63) is 101 Å². The first-order chi connectivity index (χ1) is 17.1. The number of nitrogens with zero attached hydrogens (tertiary/aromatic N) is 1. The lowest BCUT2D eigenvalue weighted by Gasteiger charge is -2.22. The van der Waals surface area contributed by atoms with E-state index in [1.165, 1.54) is 18.4 Å². The van der Waals surface area contributed by atoms with Crippen LogP contribution in [0.2, 0.25) is 0 Å². The molecule has 6 heteroatoms. The monoisotopic (exact) mass is 468 g/mol. The summed E-state index contributed by atoms with van der Waals surface area (Å²) in [5.74, 6) is -0.321. The van der Waals surface area contributed by atoms with Crippen molar-refractivity contribution in [3.8, 4) is 5.75 Å². The molecule has 1 unspecified atom stereocenters. The quantitative estimate of drug-likeness (QED) is 0.389. The zero-order valence-corrected chi connectivity index (χ0v) is 19.7. The van der Waals surface area contributed by atoms with Gasteiger partial charge in [0.15, 0.2) is 0 Å². The second kappa shape index (κ2) is 9.66. The molecule has 0 aliphatic heterocycles. The van der Waals surface area contributed by atoms with E-state index in [1.54, 1.807) is 12.1 Å². The van der Waals surface area contributed by atoms with E-state index in [9.17, 15) is 9.59 Å². The molecule has 0 radical (unpaired) electrons. The summed E-state index contributed by atoms with van der Waals surface area (Å²) in [6.45, 7) is 0.952. The molecule has 0 fully saturated rings. The van der Waals surface area contributed by atoms with Crippen molar-refractivity contribution in [1.29, 1.82) is 0 Å². The van der Waals surface area contributed by atoms with Crippen LogP contribution in [-0.2, 0) is 29.1 Å². The zero-order valence-electron chi connectivity index (χ0n) is 19.7. The Labute approximate surface area is 204 Å². The van der Waals surface area contributed by atoms with Crippen molar-refractivity contribution in [2.45, 2.75) is 38.3 Å². The van der Waals surface area contributed by atoms with Crippen molar-refractivity contribution < 1.29 is 19.1 Å². The van der Waals surface area contributed by atoms with Gasteiger partial charge in [-0.25, -0.2) is 4.79 Å². The van der Waals surface area contributed by atoms with Gasteiger partial charge in [-0.2, -0.15) is 0 Å². The minimum Gasteiger partial charge on any atom is -0.489 e. The first-order valence-corrected chi connectivity index (χ1v) is 11.8. The normalized spacial score (nSPS) is 14.9. The summed E-state index contributed by atoms with van der Waals surface area (Å²) in [5, 5.41) is 0.998. The minimum absolute atomic E-state index is 0.225. The summed E-state index contributed by atoms with van der Waals surface area (Å²) in [7, 11) is 1.37. The van der Waals surface area contributed by atoms with E-state index < -0.39 is 5.97 Å². The molecule has 0 bridgehead atoms. The Kier molecular flexibility index (Phi) is 6.27. The van der Waals surface area contributed by atoms with Crippen molar-refractivity contribution in [2.24, 2.45) is 5.73 Å². The number of nitrogens with two attached hydrogens (primary N) is 1. The number of aromatic nitrogens is 1. The Morgan fingerprint density at radius 1 is 1.03 bits per heavy atom. The van der Waals surface area contributed by atoms with E-state index >= 15 is 0 Å². The predicted molar refractivity (Wildman–Crippen MR) is 134 cm³/mol. The Balaban J connectivity index is 1.54. The molecule has 1 atom stereocenters. The number of benzene rings is 3. The first kappa shape index (κ1) is 22.7. The fourth-order valence-electron chi connectivity index (χ4n) is 5.13. The molecule has 1 aromatic heterocycles. The van der Waals surface area contributed by atoms with Crippen molar-refractivity contribution in [3.63, 3.8) is 0 Å². The number of fused-ring (bicyclic) bond motifs is 3. The fraction of sp³-hybridized carbons (Fsp3) is 0.241. The van der Waals surface area contributed by atoms with Gasteiger partial charge in [0.2, 0.25) is 5.91 Å². The van der Waals surface area contributed by atoms with Crippen molar-refractivity contribution >= 4 is 22.8 Å². The van der Waals surface area contributed by atoms with Gasteiger partial charge in [0.25, 0.3) is 0 Å². The van der Waals surface area contributed by atoms with Gasteiger partial charge < -0.3 is 19.8 Å². The summed E-state index contributed by atoms with van der Waals surface area (Å²) in [4.78, 5) is 24.5. The van der Waals surface area contributed by atoms with E-state index in [4.69, 9.17) is 15.2 Å². The Bertz CT molecular complexity index is 1390. The van der Waals surface area contributed by atoms with Crippen LogP contribution in [0.25, 0.3) is 10.9 Å². The first-order valence-electron chi connectivity index (χ1n) is 11.8. The minimum atomic E-state index is -0.393. The number of hydrogen-bond donors (Lipinski definition) is 1. The Morgan fingerprint density at radius 3 is 2.57 bits per heavy atom. The molecular weight excluding hydrogens is 440 g/mol. The van der Waals surface area contributed by atoms with Crippen molar-refractivity contribution in [1.82, 2.24) is 4.57 Å². The molecule has 2 N–H and O–H groups in total. The predicted octanol–water partition coefficient (Wildman–Crippen LogP) is 4.96. The van der Waals surface area contributed by atoms with Crippen LogP contribution in [0.15, 0.2) is 72.8 Å². The van der Waals surface area contributed by atoms with Gasteiger partial charge in [-0.15, -0.1) is 0 Å². The van der Waals surface area contributed by atoms with Crippen LogP contribution in [0.3, 0.4) is 0 Å². The van der Waals surface area contributed by atoms with Gasteiger partial charge in [-0.1, -0.05) is 48.5 Å². The Hall–Kier alpha value is -4.06. The maximum absolute atomic E-state index is 12.4. The number of amides is 1. The summed E-state index contributed by atoms with van der Waals surface area (Å²) < 4.78 is 13.3. The number of ether oxygens (including phenoxy) is 2. The van der Waals surface area contributed by atoms with Gasteiger partial charge in [0, 0.05) is 28.7 Å². The summed E-state index contributed by atoms with van der Waals surface area (Å²) in [6, 6.07) is 23.6. The molecule has 0 spiro atoms. The third-order valence-corrected chi connectivity index (χ3v) is 6.78. The molecule has 4 aromatic rings. The SMILES string of the molecule is COC(=O)c1ccccc1COc1ccc2c(c1)c1c(n2Cc2ccccc2)CCCC1C(N)=O. The highest BCUT2D eigenvalue weighted by Gasteiger charge is 2.31. The van der Waals surface area contributed by atoms with Crippen LogP contribution in [0.4, 0.5) is 0 Å². The average Bonchev–Trinajstić information content (AvgIpc) is 3.20. The van der Waals surface area contributed by atoms with Crippen molar-refractivity contribution in [2.75, 3.05) is 7.11 Å². The summed E-state index contributed by atoms with van der Waals surface area (Å²) in [5.41, 5.74) is 11.5. The van der Waals surface area contributed by atoms with Gasteiger partial charge >= 0.3 is 5.97 Å². The molecule has 1 aliphatic rings. The van der Waals surface area contributed by atoms with E-state index in [1.807, 2.05) is 42.5 Å². The van der Waals surface area contributed by atoms with Crippen LogP contribution in [0, 0.1) is 0 Å². The highest BCUT2D eigenvalue weighted by atomic mass is 16.5. The average molecular weight is 469 g/mol. The lowest BCUT2D eigenvalue weighted by molar-refractivity contribution is -0.119. The lowest BCUT2D eigenvalue weighted by atomic mass is 9.84. The second-order valence-electron chi connectivity index (χ2n) is 8.90. The molecule has 1 aliphatic carbocycles. The molecule has 178 valence electrons. The van der Waals surface area contributed by atoms with Crippen LogP contribution in [0.1, 0.15) is 51.5 Å². The molecule has 0 saturated heterocycles. The number of carbonyl (C=O) groups is 2. The molecule has 3 aromatic carbocycles. The summed E-state index contributed by atoms with van der Waals surface area (Å²) in [6.07, 6.45) is 2.59. The highest BCUT2D eigenvalue weighted by molar-refractivity contribution is 5.94. The van der Waals surface area contributed by atoms with E-state index in [0.717, 1.165) is 47.8 Å². The zero-order chi connectivity index (χ0) is 24.4. The topological polar surface area (TPSA) is 83.6 Å². The van der Waals surface area contributed by atoms with E-state index in [2.05, 4.69) is 22.8 Å². The van der Waals surface area contributed by atoms with Gasteiger partial charge in [0.1, 0.15) is 12.4 Å². The molecule has 6 nitrogen and oxygen atoms in total. The molecule has 5 rings (SSSR count). The molecule has 1 amide bonds. The molecular formula is C29H28N2O4. The fourth-order valence-corrected chi connectivity index (χ4v) is 5.13. The summed E-state index contributed by atoms with van der Waals surface area (Å²) >= 11 is 0. The lowest BCUT2D eigenvalue weighted by Crippen LogP contribution is -2.25. The van der Waals surface area contributed by atoms with E-state index in [0.29, 0.717) is 11.3 Å². The number of primary amides is 1. The highest BCUT2D eigenvalue weighted by Crippen LogP contribution is 2.41. The Morgan fingerprint density at radius 2 is 1.80 bits per heavy atom. The number of methoxy groups -OCH3 is 1. The van der Waals surface area contributed by atoms with Crippen LogP contribution < -0.4 is 10.5 Å². The maximum Gasteiger partial charge on any atom is 0.338 e. The molecule has 35 heavy (non-hydrogen) atoms. The smallest absolute Gasteiger partial charge is 0.338 e. The standard InChI is InChI=1S/C29H28N2O4/c1-34-29(33)22-11-6-5-10-20(22)18-35-21-14-15-25-24(16-21)27-23(28(30)32)12-7-13-26(27)31(25)17-19-8-3-2-4-9-19/h2-6,8-11,14-16,23H,7,12-13,17-18H2,1H3,(H2,30,32). The van der Waals surface area contributed by atoms with Crippen LogP contribution in [0.5, 0.6) is 5.75 Å². The number of carbonyl (C=O) groups excluding carboxylic acids is 2. The third kappa shape index (κ3) is 4.39. The van der Waals surface area contributed by atoms with Crippen LogP contribution in [-0.4, -0.2) is 23.6 Å². The largest absolute Gasteiger partial charge is 0.489 e. The number of rotatable bonds is 7. The number of esters is 1. The number of hydrogen-bond acceptors (Lipinski definition) is 4. The molecule has 1 heterocycles. The van der Waals surface area contributed by atoms with Gasteiger partial charge in [-0.05, 0) is 54.7 Å². The maximum atomic E-state index is 12.4. The second-order valence-corrected chi connectivity index (χ2v) is 8.90. The van der Waals surface area contributed by atoms with E-state index in [-0.39, 0.29) is 18.4 Å². The molecule has 0 saturated carbocycles. The van der Waals surface area contributed by atoms with Gasteiger partial charge in [-0.3, -0.25) is 4.79 Å². The van der Waals surface area contributed by atoms with Crippen LogP contribution >= 0.6 is 0 Å².